The van der Waals surface area contributed by atoms with Crippen LogP contribution < -0.4 is 0 Å². The van der Waals surface area contributed by atoms with Crippen molar-refractivity contribution in [2.24, 2.45) is 0 Å². The summed E-state index contributed by atoms with van der Waals surface area (Å²) in [6.45, 7) is 1.01. The molecule has 0 aliphatic carbocycles. The standard InChI is InChI=1S/C18H16N3O2/c22-16-8-9-20(12-16)18(23)13-5-3-6-15(10-13)21-17-7-2-1-4-14(17)11-19-21/h2-7,10-11,16,22H,8-9,12H2/t16-/m1/s1. The van der Waals surface area contributed by atoms with E-state index in [1.165, 1.54) is 0 Å². The smallest absolute Gasteiger partial charge is 0.254 e. The van der Waals surface area contributed by atoms with Gasteiger partial charge in [-0.3, -0.25) is 4.79 Å². The average molecular weight is 306 g/mol. The summed E-state index contributed by atoms with van der Waals surface area (Å²) in [4.78, 5) is 14.3. The Morgan fingerprint density at radius 3 is 3.09 bits per heavy atom. The van der Waals surface area contributed by atoms with Crippen molar-refractivity contribution in [3.05, 3.63) is 60.3 Å². The van der Waals surface area contributed by atoms with E-state index in [0.29, 0.717) is 25.1 Å². The minimum Gasteiger partial charge on any atom is -0.391 e. The Hall–Kier alpha value is -2.66. The first-order chi connectivity index (χ1) is 11.2. The van der Waals surface area contributed by atoms with Gasteiger partial charge in [0.15, 0.2) is 0 Å². The van der Waals surface area contributed by atoms with Gasteiger partial charge in [0.2, 0.25) is 0 Å². The van der Waals surface area contributed by atoms with Crippen LogP contribution >= 0.6 is 0 Å². The largest absolute Gasteiger partial charge is 0.391 e. The molecule has 1 radical (unpaired) electrons. The Balaban J connectivity index is 1.70. The number of nitrogens with zero attached hydrogens (tertiary/aromatic N) is 3. The van der Waals surface area contributed by atoms with Gasteiger partial charge < -0.3 is 10.0 Å². The highest BCUT2D eigenvalue weighted by Gasteiger charge is 2.25. The molecule has 0 spiro atoms. The SMILES string of the molecule is O=C(c1cccc(-n2ncc3c[c]ccc32)c1)N1CC[C@@H](O)C1. The fourth-order valence-corrected chi connectivity index (χ4v) is 3.00. The number of hydrogen-bond acceptors (Lipinski definition) is 3. The van der Waals surface area contributed by atoms with E-state index in [9.17, 15) is 9.90 Å². The summed E-state index contributed by atoms with van der Waals surface area (Å²) >= 11 is 0. The molecule has 2 heterocycles. The molecule has 1 aliphatic rings. The minimum absolute atomic E-state index is 0.0480. The van der Waals surface area contributed by atoms with Crippen LogP contribution in [0.5, 0.6) is 0 Å². The highest BCUT2D eigenvalue weighted by Crippen LogP contribution is 2.20. The van der Waals surface area contributed by atoms with Crippen LogP contribution in [0.2, 0.25) is 0 Å². The van der Waals surface area contributed by atoms with Crippen molar-refractivity contribution in [1.29, 1.82) is 0 Å². The first-order valence-electron chi connectivity index (χ1n) is 7.64. The van der Waals surface area contributed by atoms with E-state index in [0.717, 1.165) is 16.6 Å². The summed E-state index contributed by atoms with van der Waals surface area (Å²) in [6, 6.07) is 16.2. The lowest BCUT2D eigenvalue weighted by Crippen LogP contribution is -2.29. The lowest BCUT2D eigenvalue weighted by Gasteiger charge is -2.16. The number of carbonyl (C=O) groups excluding carboxylic acids is 1. The van der Waals surface area contributed by atoms with Crippen LogP contribution in [-0.2, 0) is 0 Å². The van der Waals surface area contributed by atoms with Crippen molar-refractivity contribution in [3.8, 4) is 5.69 Å². The molecule has 0 unspecified atom stereocenters. The molecule has 0 saturated carbocycles. The number of β-amino-alcohol motifs (C(OH)–C–C–N with tert-alkyl or cyclic N) is 1. The zero-order chi connectivity index (χ0) is 15.8. The third-order valence-electron chi connectivity index (χ3n) is 4.20. The zero-order valence-corrected chi connectivity index (χ0v) is 12.5. The van der Waals surface area contributed by atoms with Crippen LogP contribution in [0.3, 0.4) is 0 Å². The van der Waals surface area contributed by atoms with Crippen molar-refractivity contribution in [3.63, 3.8) is 0 Å². The topological polar surface area (TPSA) is 58.4 Å². The predicted molar refractivity (Wildman–Crippen MR) is 86.4 cm³/mol. The van der Waals surface area contributed by atoms with Crippen LogP contribution in [0.25, 0.3) is 16.6 Å². The Kier molecular flexibility index (Phi) is 3.35. The molecule has 1 fully saturated rings. The second-order valence-corrected chi connectivity index (χ2v) is 5.79. The number of fused-ring (bicyclic) bond motifs is 1. The highest BCUT2D eigenvalue weighted by molar-refractivity contribution is 5.95. The molecule has 0 bridgehead atoms. The summed E-state index contributed by atoms with van der Waals surface area (Å²) in [5.74, 6) is -0.0480. The number of hydrogen-bond donors (Lipinski definition) is 1. The van der Waals surface area contributed by atoms with Gasteiger partial charge in [0.05, 0.1) is 23.5 Å². The molecule has 1 saturated heterocycles. The maximum atomic E-state index is 12.6. The number of rotatable bonds is 2. The summed E-state index contributed by atoms with van der Waals surface area (Å²) in [5, 5.41) is 15.0. The van der Waals surface area contributed by atoms with Gasteiger partial charge >= 0.3 is 0 Å². The molecule has 5 nitrogen and oxygen atoms in total. The Morgan fingerprint density at radius 1 is 1.35 bits per heavy atom. The molecule has 1 aromatic heterocycles. The van der Waals surface area contributed by atoms with Crippen LogP contribution in [0, 0.1) is 6.07 Å². The monoisotopic (exact) mass is 306 g/mol. The van der Waals surface area contributed by atoms with Crippen molar-refractivity contribution >= 4 is 16.8 Å². The molecule has 1 amide bonds. The Bertz CT molecular complexity index is 871. The number of benzene rings is 2. The molecule has 4 rings (SSSR count). The molecule has 1 atom stereocenters. The van der Waals surface area contributed by atoms with Gasteiger partial charge in [-0.05, 0) is 42.8 Å². The highest BCUT2D eigenvalue weighted by atomic mass is 16.3. The molecule has 115 valence electrons. The van der Waals surface area contributed by atoms with Gasteiger partial charge in [-0.1, -0.05) is 12.1 Å². The van der Waals surface area contributed by atoms with Gasteiger partial charge in [-0.2, -0.15) is 5.10 Å². The first kappa shape index (κ1) is 14.0. The van der Waals surface area contributed by atoms with Gasteiger partial charge in [-0.25, -0.2) is 4.68 Å². The van der Waals surface area contributed by atoms with Gasteiger partial charge in [0.25, 0.3) is 5.91 Å². The molecule has 2 aromatic carbocycles. The number of amides is 1. The van der Waals surface area contributed by atoms with Crippen LogP contribution in [-0.4, -0.2) is 44.9 Å². The van der Waals surface area contributed by atoms with Crippen LogP contribution in [0.4, 0.5) is 0 Å². The third-order valence-corrected chi connectivity index (χ3v) is 4.20. The Morgan fingerprint density at radius 2 is 2.26 bits per heavy atom. The van der Waals surface area contributed by atoms with E-state index in [-0.39, 0.29) is 5.91 Å². The normalized spacial score (nSPS) is 17.8. The number of likely N-dealkylation sites (tertiary alicyclic amines) is 1. The summed E-state index contributed by atoms with van der Waals surface area (Å²) < 4.78 is 1.82. The van der Waals surface area contributed by atoms with Gasteiger partial charge in [0, 0.05) is 24.0 Å². The third kappa shape index (κ3) is 2.49. The maximum absolute atomic E-state index is 12.6. The lowest BCUT2D eigenvalue weighted by molar-refractivity contribution is 0.0765. The van der Waals surface area contributed by atoms with E-state index < -0.39 is 6.10 Å². The van der Waals surface area contributed by atoms with Crippen molar-refractivity contribution in [2.75, 3.05) is 13.1 Å². The van der Waals surface area contributed by atoms with Crippen LogP contribution in [0.15, 0.2) is 48.7 Å². The summed E-state index contributed by atoms with van der Waals surface area (Å²) in [5.41, 5.74) is 2.43. The van der Waals surface area contributed by atoms with E-state index in [2.05, 4.69) is 11.2 Å². The molecular formula is C18H16N3O2. The first-order valence-corrected chi connectivity index (χ1v) is 7.64. The lowest BCUT2D eigenvalue weighted by atomic mass is 10.1. The number of aliphatic hydroxyl groups excluding tert-OH is 1. The zero-order valence-electron chi connectivity index (χ0n) is 12.5. The van der Waals surface area contributed by atoms with Crippen LogP contribution in [0.1, 0.15) is 16.8 Å². The van der Waals surface area contributed by atoms with Crippen molar-refractivity contribution in [1.82, 2.24) is 14.7 Å². The predicted octanol–water partition coefficient (Wildman–Crippen LogP) is 2.03. The molecule has 5 heteroatoms. The van der Waals surface area contributed by atoms with E-state index in [1.807, 2.05) is 41.1 Å². The van der Waals surface area contributed by atoms with Gasteiger partial charge in [-0.15, -0.1) is 0 Å². The quantitative estimate of drug-likeness (QED) is 0.788. The minimum atomic E-state index is -0.409. The van der Waals surface area contributed by atoms with Gasteiger partial charge in [0.1, 0.15) is 0 Å². The van der Waals surface area contributed by atoms with E-state index >= 15 is 0 Å². The fraction of sp³-hybridized carbons (Fsp3) is 0.222. The van der Waals surface area contributed by atoms with Crippen molar-refractivity contribution in [2.45, 2.75) is 12.5 Å². The molecule has 3 aromatic rings. The number of aromatic nitrogens is 2. The van der Waals surface area contributed by atoms with Crippen molar-refractivity contribution < 1.29 is 9.90 Å². The molecule has 1 aliphatic heterocycles. The maximum Gasteiger partial charge on any atom is 0.254 e. The summed E-state index contributed by atoms with van der Waals surface area (Å²) in [7, 11) is 0. The summed E-state index contributed by atoms with van der Waals surface area (Å²) in [6.07, 6.45) is 2.02. The molecule has 23 heavy (non-hydrogen) atoms. The Labute approximate surface area is 133 Å². The number of carbonyl (C=O) groups is 1. The number of aliphatic hydroxyl groups is 1. The molecule has 1 N–H and O–H groups in total. The average Bonchev–Trinajstić information content (AvgIpc) is 3.20. The second-order valence-electron chi connectivity index (χ2n) is 5.79. The molecular weight excluding hydrogens is 290 g/mol. The van der Waals surface area contributed by atoms with E-state index in [4.69, 9.17) is 0 Å². The fourth-order valence-electron chi connectivity index (χ4n) is 3.00. The van der Waals surface area contributed by atoms with E-state index in [1.54, 1.807) is 17.2 Å². The second kappa shape index (κ2) is 5.52.